The van der Waals surface area contributed by atoms with Crippen molar-refractivity contribution in [3.8, 4) is 5.95 Å². The van der Waals surface area contributed by atoms with Crippen molar-refractivity contribution < 1.29 is 4.39 Å². The van der Waals surface area contributed by atoms with Gasteiger partial charge in [-0.05, 0) is 49.2 Å². The van der Waals surface area contributed by atoms with Crippen LogP contribution in [0.1, 0.15) is 24.5 Å². The number of halogens is 1. The van der Waals surface area contributed by atoms with Gasteiger partial charge in [0.05, 0.1) is 5.69 Å². The summed E-state index contributed by atoms with van der Waals surface area (Å²) in [4.78, 5) is 8.69. The largest absolute Gasteiger partial charge is 0.340 e. The van der Waals surface area contributed by atoms with Crippen LogP contribution in [0.5, 0.6) is 0 Å². The molecule has 1 aromatic carbocycles. The van der Waals surface area contributed by atoms with E-state index >= 15 is 0 Å². The van der Waals surface area contributed by atoms with E-state index in [-0.39, 0.29) is 5.82 Å². The van der Waals surface area contributed by atoms with E-state index in [4.69, 9.17) is 0 Å². The smallest absolute Gasteiger partial charge is 0.252 e. The van der Waals surface area contributed by atoms with Crippen molar-refractivity contribution >= 4 is 11.5 Å². The van der Waals surface area contributed by atoms with Crippen molar-refractivity contribution in [1.82, 2.24) is 19.7 Å². The fraction of sp³-hybridized carbons (Fsp3) is 0.188. The molecule has 4 rings (SSSR count). The monoisotopic (exact) mass is 295 g/mol. The van der Waals surface area contributed by atoms with Crippen molar-refractivity contribution in [2.75, 3.05) is 5.32 Å². The summed E-state index contributed by atoms with van der Waals surface area (Å²) in [5.74, 6) is 1.49. The van der Waals surface area contributed by atoms with E-state index < -0.39 is 0 Å². The van der Waals surface area contributed by atoms with Crippen LogP contribution in [0.2, 0.25) is 0 Å². The van der Waals surface area contributed by atoms with Crippen LogP contribution in [0.4, 0.5) is 15.9 Å². The first-order chi connectivity index (χ1) is 10.8. The molecule has 1 saturated carbocycles. The third-order valence-electron chi connectivity index (χ3n) is 3.57. The maximum Gasteiger partial charge on any atom is 0.252 e. The van der Waals surface area contributed by atoms with Gasteiger partial charge in [-0.15, -0.1) is 0 Å². The number of nitrogens with one attached hydrogen (secondary N) is 1. The highest BCUT2D eigenvalue weighted by atomic mass is 19.1. The van der Waals surface area contributed by atoms with Crippen LogP contribution in [0, 0.1) is 5.82 Å². The first-order valence-corrected chi connectivity index (χ1v) is 7.19. The number of hydrogen-bond donors (Lipinski definition) is 1. The minimum absolute atomic E-state index is 0.266. The lowest BCUT2D eigenvalue weighted by atomic mass is 10.3. The molecule has 0 aliphatic heterocycles. The molecule has 2 heterocycles. The highest BCUT2D eigenvalue weighted by Gasteiger charge is 2.26. The Morgan fingerprint density at radius 3 is 2.68 bits per heavy atom. The summed E-state index contributed by atoms with van der Waals surface area (Å²) in [5, 5.41) is 7.64. The number of aromatic nitrogens is 4. The van der Waals surface area contributed by atoms with Gasteiger partial charge in [-0.25, -0.2) is 14.1 Å². The molecule has 110 valence electrons. The number of rotatable bonds is 4. The average molecular weight is 295 g/mol. The zero-order chi connectivity index (χ0) is 14.9. The molecule has 0 spiro atoms. The number of benzene rings is 1. The molecular weight excluding hydrogens is 281 g/mol. The van der Waals surface area contributed by atoms with Crippen LogP contribution in [0.3, 0.4) is 0 Å². The standard InChI is InChI=1S/C16H14FN5/c17-12-3-5-13(6-4-12)19-15-7-9-18-16(20-15)22-10-8-14(21-22)11-1-2-11/h3-11H,1-2H2,(H,18,19,20). The van der Waals surface area contributed by atoms with E-state index in [0.29, 0.717) is 17.7 Å². The van der Waals surface area contributed by atoms with Gasteiger partial charge >= 0.3 is 0 Å². The summed E-state index contributed by atoms with van der Waals surface area (Å²) in [6.45, 7) is 0. The van der Waals surface area contributed by atoms with Gasteiger partial charge in [0, 0.05) is 24.0 Å². The molecule has 6 heteroatoms. The quantitative estimate of drug-likeness (QED) is 0.801. The third kappa shape index (κ3) is 2.67. The number of anilines is 2. The summed E-state index contributed by atoms with van der Waals surface area (Å²) in [5.41, 5.74) is 1.87. The van der Waals surface area contributed by atoms with E-state index in [2.05, 4.69) is 20.4 Å². The van der Waals surface area contributed by atoms with Gasteiger partial charge < -0.3 is 5.32 Å². The van der Waals surface area contributed by atoms with Crippen LogP contribution < -0.4 is 5.32 Å². The predicted octanol–water partition coefficient (Wildman–Crippen LogP) is 3.42. The van der Waals surface area contributed by atoms with Gasteiger partial charge in [-0.2, -0.15) is 10.1 Å². The van der Waals surface area contributed by atoms with Gasteiger partial charge in [0.15, 0.2) is 0 Å². The molecule has 0 unspecified atom stereocenters. The molecule has 0 atom stereocenters. The Labute approximate surface area is 126 Å². The van der Waals surface area contributed by atoms with Gasteiger partial charge in [-0.3, -0.25) is 0 Å². The SMILES string of the molecule is Fc1ccc(Nc2ccnc(-n3ccc(C4CC4)n3)n2)cc1. The van der Waals surface area contributed by atoms with Crippen molar-refractivity contribution in [3.63, 3.8) is 0 Å². The van der Waals surface area contributed by atoms with E-state index in [1.807, 2.05) is 12.3 Å². The van der Waals surface area contributed by atoms with Crippen molar-refractivity contribution in [2.45, 2.75) is 18.8 Å². The number of hydrogen-bond acceptors (Lipinski definition) is 4. The molecule has 5 nitrogen and oxygen atoms in total. The molecule has 3 aromatic rings. The molecule has 0 radical (unpaired) electrons. The molecule has 1 N–H and O–H groups in total. The second-order valence-electron chi connectivity index (χ2n) is 5.33. The summed E-state index contributed by atoms with van der Waals surface area (Å²) in [6, 6.07) is 9.91. The van der Waals surface area contributed by atoms with E-state index in [1.165, 1.54) is 25.0 Å². The van der Waals surface area contributed by atoms with Crippen LogP contribution in [-0.4, -0.2) is 19.7 Å². The molecule has 1 aliphatic rings. The molecule has 0 bridgehead atoms. The van der Waals surface area contributed by atoms with Gasteiger partial charge in [0.1, 0.15) is 11.6 Å². The van der Waals surface area contributed by atoms with Crippen LogP contribution >= 0.6 is 0 Å². The van der Waals surface area contributed by atoms with Crippen molar-refractivity contribution in [1.29, 1.82) is 0 Å². The fourth-order valence-corrected chi connectivity index (χ4v) is 2.26. The minimum atomic E-state index is -0.266. The molecule has 1 fully saturated rings. The summed E-state index contributed by atoms with van der Waals surface area (Å²) >= 11 is 0. The second kappa shape index (κ2) is 5.22. The highest BCUT2D eigenvalue weighted by molar-refractivity contribution is 5.55. The Bertz CT molecular complexity index is 792. The average Bonchev–Trinajstić information content (AvgIpc) is 3.27. The number of nitrogens with zero attached hydrogens (tertiary/aromatic N) is 4. The van der Waals surface area contributed by atoms with Crippen LogP contribution in [0.15, 0.2) is 48.8 Å². The minimum Gasteiger partial charge on any atom is -0.340 e. The Balaban J connectivity index is 1.57. The normalized spacial score (nSPS) is 14.0. The Kier molecular flexibility index (Phi) is 3.07. The lowest BCUT2D eigenvalue weighted by Crippen LogP contribution is -2.04. The molecule has 0 saturated heterocycles. The van der Waals surface area contributed by atoms with Crippen molar-refractivity contribution in [2.24, 2.45) is 0 Å². The van der Waals surface area contributed by atoms with E-state index in [1.54, 1.807) is 29.1 Å². The lowest BCUT2D eigenvalue weighted by molar-refractivity contribution is 0.628. The predicted molar refractivity (Wildman–Crippen MR) is 80.8 cm³/mol. The Morgan fingerprint density at radius 1 is 1.09 bits per heavy atom. The Morgan fingerprint density at radius 2 is 1.91 bits per heavy atom. The van der Waals surface area contributed by atoms with Crippen LogP contribution in [0.25, 0.3) is 5.95 Å². The van der Waals surface area contributed by atoms with Crippen LogP contribution in [-0.2, 0) is 0 Å². The maximum absolute atomic E-state index is 12.9. The zero-order valence-electron chi connectivity index (χ0n) is 11.8. The summed E-state index contributed by atoms with van der Waals surface area (Å²) in [6.07, 6.45) is 5.98. The molecule has 2 aromatic heterocycles. The fourth-order valence-electron chi connectivity index (χ4n) is 2.26. The van der Waals surface area contributed by atoms with E-state index in [0.717, 1.165) is 11.4 Å². The Hall–Kier alpha value is -2.76. The van der Waals surface area contributed by atoms with Gasteiger partial charge in [0.2, 0.25) is 0 Å². The lowest BCUT2D eigenvalue weighted by Gasteiger charge is -2.06. The molecule has 1 aliphatic carbocycles. The van der Waals surface area contributed by atoms with Gasteiger partial charge in [-0.1, -0.05) is 0 Å². The summed E-state index contributed by atoms with van der Waals surface area (Å²) < 4.78 is 14.6. The molecule has 0 amide bonds. The topological polar surface area (TPSA) is 55.6 Å². The molecular formula is C16H14FN5. The maximum atomic E-state index is 12.9. The van der Waals surface area contributed by atoms with E-state index in [9.17, 15) is 4.39 Å². The van der Waals surface area contributed by atoms with Gasteiger partial charge in [0.25, 0.3) is 5.95 Å². The highest BCUT2D eigenvalue weighted by Crippen LogP contribution is 2.38. The molecule has 22 heavy (non-hydrogen) atoms. The first kappa shape index (κ1) is 12.9. The van der Waals surface area contributed by atoms with Crippen molar-refractivity contribution in [3.05, 3.63) is 60.3 Å². The summed E-state index contributed by atoms with van der Waals surface area (Å²) in [7, 11) is 0. The third-order valence-corrected chi connectivity index (χ3v) is 3.57. The zero-order valence-corrected chi connectivity index (χ0v) is 11.8. The first-order valence-electron chi connectivity index (χ1n) is 7.19. The second-order valence-corrected chi connectivity index (χ2v) is 5.33.